The molecule has 1 amide bonds. The van der Waals surface area contributed by atoms with Crippen LogP contribution in [0.2, 0.25) is 0 Å². The number of hydrogen-bond acceptors (Lipinski definition) is 5. The Kier molecular flexibility index (Phi) is 8.50. The van der Waals surface area contributed by atoms with Crippen molar-refractivity contribution in [2.75, 3.05) is 7.11 Å². The molecule has 7 heteroatoms. The van der Waals surface area contributed by atoms with Crippen molar-refractivity contribution in [3.05, 3.63) is 155 Å². The predicted molar refractivity (Wildman–Crippen MR) is 168 cm³/mol. The lowest BCUT2D eigenvalue weighted by Gasteiger charge is -2.21. The van der Waals surface area contributed by atoms with Crippen molar-refractivity contribution in [3.63, 3.8) is 0 Å². The normalized spacial score (nSPS) is 11.7. The van der Waals surface area contributed by atoms with Crippen LogP contribution in [0.25, 0.3) is 10.8 Å². The van der Waals surface area contributed by atoms with E-state index in [1.165, 1.54) is 10.9 Å². The highest BCUT2D eigenvalue weighted by atomic mass is 16.5. The number of fused-ring (bicyclic) bond motifs is 1. The molecule has 2 aromatic heterocycles. The lowest BCUT2D eigenvalue weighted by atomic mass is 10.0. The van der Waals surface area contributed by atoms with Crippen LogP contribution in [0, 0.1) is 0 Å². The Balaban J connectivity index is 1.38. The third-order valence-electron chi connectivity index (χ3n) is 7.60. The number of aryl methyl sites for hydroxylation is 2. The molecule has 4 aromatic carbocycles. The van der Waals surface area contributed by atoms with Crippen molar-refractivity contribution in [3.8, 4) is 5.75 Å². The van der Waals surface area contributed by atoms with Crippen LogP contribution in [-0.2, 0) is 25.8 Å². The fourth-order valence-electron chi connectivity index (χ4n) is 5.32. The average Bonchev–Trinajstić information content (AvgIpc) is 3.46. The predicted octanol–water partition coefficient (Wildman–Crippen LogP) is 6.38. The van der Waals surface area contributed by atoms with Crippen LogP contribution in [-0.4, -0.2) is 32.8 Å². The highest BCUT2D eigenvalue weighted by Gasteiger charge is 2.25. The standard InChI is InChI=1S/C36H33N5O2/c1-43-31-19-15-27(16-20-31)25-41-34(21-17-26-9-3-2-4-10-26)39-40-35(41)33(38-36(42)32-13-7-8-22-37-32)24-28-14-18-29-11-5-6-12-30(29)23-28/h2-16,18-20,22-23,33H,17,21,24-25H2,1H3,(H,38,42)/t33-/m1/s1. The van der Waals surface area contributed by atoms with Gasteiger partial charge >= 0.3 is 0 Å². The van der Waals surface area contributed by atoms with Gasteiger partial charge in [-0.15, -0.1) is 10.2 Å². The lowest BCUT2D eigenvalue weighted by molar-refractivity contribution is 0.0929. The number of amides is 1. The number of pyridine rings is 1. The molecule has 0 aliphatic heterocycles. The summed E-state index contributed by atoms with van der Waals surface area (Å²) in [6.07, 6.45) is 3.71. The monoisotopic (exact) mass is 567 g/mol. The van der Waals surface area contributed by atoms with E-state index in [1.807, 2.05) is 48.5 Å². The molecule has 0 aliphatic rings. The van der Waals surface area contributed by atoms with Gasteiger partial charge in [0, 0.05) is 12.6 Å². The average molecular weight is 568 g/mol. The molecule has 1 atom stereocenters. The number of nitrogens with zero attached hydrogens (tertiary/aromatic N) is 4. The first kappa shape index (κ1) is 27.8. The summed E-state index contributed by atoms with van der Waals surface area (Å²) in [6.45, 7) is 0.560. The van der Waals surface area contributed by atoms with Gasteiger partial charge in [0.25, 0.3) is 5.91 Å². The van der Waals surface area contributed by atoms with Gasteiger partial charge in [-0.05, 0) is 64.6 Å². The zero-order valence-electron chi connectivity index (χ0n) is 24.1. The number of rotatable bonds is 11. The van der Waals surface area contributed by atoms with Gasteiger partial charge < -0.3 is 14.6 Å². The topological polar surface area (TPSA) is 81.9 Å². The van der Waals surface area contributed by atoms with Gasteiger partial charge in [0.05, 0.1) is 19.7 Å². The molecule has 0 unspecified atom stereocenters. The number of aromatic nitrogens is 4. The van der Waals surface area contributed by atoms with Crippen LogP contribution in [0.4, 0.5) is 0 Å². The van der Waals surface area contributed by atoms with Crippen LogP contribution in [0.1, 0.15) is 44.9 Å². The highest BCUT2D eigenvalue weighted by molar-refractivity contribution is 5.92. The summed E-state index contributed by atoms with van der Waals surface area (Å²) in [5.74, 6) is 2.12. The Morgan fingerprint density at radius 2 is 1.51 bits per heavy atom. The number of benzene rings is 4. The van der Waals surface area contributed by atoms with Gasteiger partial charge in [-0.2, -0.15) is 0 Å². The van der Waals surface area contributed by atoms with Crippen LogP contribution in [0.3, 0.4) is 0 Å². The molecule has 43 heavy (non-hydrogen) atoms. The number of ether oxygens (including phenoxy) is 1. The van der Waals surface area contributed by atoms with Gasteiger partial charge in [-0.1, -0.05) is 91.0 Å². The molecule has 0 bridgehead atoms. The van der Waals surface area contributed by atoms with Gasteiger partial charge in [-0.3, -0.25) is 9.78 Å². The molecule has 2 heterocycles. The number of carbonyl (C=O) groups excluding carboxylic acids is 1. The van der Waals surface area contributed by atoms with Crippen molar-refractivity contribution in [1.29, 1.82) is 0 Å². The zero-order chi connectivity index (χ0) is 29.4. The first-order chi connectivity index (χ1) is 21.2. The van der Waals surface area contributed by atoms with E-state index in [2.05, 4.69) is 74.6 Å². The van der Waals surface area contributed by atoms with E-state index in [4.69, 9.17) is 9.84 Å². The maximum Gasteiger partial charge on any atom is 0.270 e. The van der Waals surface area contributed by atoms with E-state index < -0.39 is 6.04 Å². The molecule has 0 saturated carbocycles. The minimum Gasteiger partial charge on any atom is -0.497 e. The van der Waals surface area contributed by atoms with Crippen LogP contribution < -0.4 is 10.1 Å². The number of nitrogens with one attached hydrogen (secondary N) is 1. The molecule has 0 radical (unpaired) electrons. The SMILES string of the molecule is COc1ccc(Cn2c(CCc3ccccc3)nnc2[C@@H](Cc2ccc3ccccc3c2)NC(=O)c2ccccn2)cc1. The van der Waals surface area contributed by atoms with E-state index >= 15 is 0 Å². The second-order valence-electron chi connectivity index (χ2n) is 10.5. The van der Waals surface area contributed by atoms with Crippen molar-refractivity contribution >= 4 is 16.7 Å². The molecular formula is C36H33N5O2. The number of carbonyl (C=O) groups is 1. The van der Waals surface area contributed by atoms with Gasteiger partial charge in [-0.25, -0.2) is 0 Å². The summed E-state index contributed by atoms with van der Waals surface area (Å²) in [5, 5.41) is 14.9. The second-order valence-corrected chi connectivity index (χ2v) is 10.5. The molecule has 6 rings (SSSR count). The summed E-state index contributed by atoms with van der Waals surface area (Å²) in [7, 11) is 1.66. The van der Waals surface area contributed by atoms with E-state index in [1.54, 1.807) is 25.4 Å². The number of methoxy groups -OCH3 is 1. The maximum atomic E-state index is 13.4. The van der Waals surface area contributed by atoms with Gasteiger partial charge in [0.15, 0.2) is 5.82 Å². The van der Waals surface area contributed by atoms with E-state index in [-0.39, 0.29) is 5.91 Å². The maximum absolute atomic E-state index is 13.4. The summed E-state index contributed by atoms with van der Waals surface area (Å²) >= 11 is 0. The third-order valence-corrected chi connectivity index (χ3v) is 7.60. The molecule has 0 saturated heterocycles. The van der Waals surface area contributed by atoms with Gasteiger partial charge in [0.2, 0.25) is 0 Å². The zero-order valence-corrected chi connectivity index (χ0v) is 24.1. The van der Waals surface area contributed by atoms with Crippen molar-refractivity contribution in [2.24, 2.45) is 0 Å². The van der Waals surface area contributed by atoms with E-state index in [0.29, 0.717) is 30.9 Å². The summed E-state index contributed by atoms with van der Waals surface area (Å²) in [5.41, 5.74) is 3.77. The highest BCUT2D eigenvalue weighted by Crippen LogP contribution is 2.24. The molecule has 214 valence electrons. The Morgan fingerprint density at radius 1 is 0.767 bits per heavy atom. The van der Waals surface area contributed by atoms with Crippen molar-refractivity contribution in [2.45, 2.75) is 31.8 Å². The summed E-state index contributed by atoms with van der Waals surface area (Å²) < 4.78 is 7.52. The molecule has 7 nitrogen and oxygen atoms in total. The largest absolute Gasteiger partial charge is 0.497 e. The molecule has 1 N–H and O–H groups in total. The van der Waals surface area contributed by atoms with Crippen molar-refractivity contribution in [1.82, 2.24) is 25.1 Å². The molecule has 0 fully saturated rings. The quantitative estimate of drug-likeness (QED) is 0.196. The molecular weight excluding hydrogens is 534 g/mol. The lowest BCUT2D eigenvalue weighted by Crippen LogP contribution is -2.33. The fourth-order valence-corrected chi connectivity index (χ4v) is 5.32. The molecule has 0 spiro atoms. The Hall–Kier alpha value is -5.30. The first-order valence-electron chi connectivity index (χ1n) is 14.4. The smallest absolute Gasteiger partial charge is 0.270 e. The minimum absolute atomic E-state index is 0.253. The number of hydrogen-bond donors (Lipinski definition) is 1. The van der Waals surface area contributed by atoms with Gasteiger partial charge in [0.1, 0.15) is 17.3 Å². The van der Waals surface area contributed by atoms with Crippen LogP contribution in [0.15, 0.2) is 121 Å². The summed E-state index contributed by atoms with van der Waals surface area (Å²) in [4.78, 5) is 17.7. The minimum atomic E-state index is -0.438. The Morgan fingerprint density at radius 3 is 2.28 bits per heavy atom. The Bertz CT molecular complexity index is 1800. The van der Waals surface area contributed by atoms with Crippen molar-refractivity contribution < 1.29 is 9.53 Å². The fraction of sp³-hybridized carbons (Fsp3) is 0.167. The summed E-state index contributed by atoms with van der Waals surface area (Å²) in [6, 6.07) is 38.0. The van der Waals surface area contributed by atoms with Crippen LogP contribution >= 0.6 is 0 Å². The van der Waals surface area contributed by atoms with E-state index in [9.17, 15) is 4.79 Å². The molecule has 6 aromatic rings. The first-order valence-corrected chi connectivity index (χ1v) is 14.4. The van der Waals surface area contributed by atoms with E-state index in [0.717, 1.165) is 34.5 Å². The third kappa shape index (κ3) is 6.79. The second kappa shape index (κ2) is 13.1. The van der Waals surface area contributed by atoms with Crippen LogP contribution in [0.5, 0.6) is 5.75 Å². The molecule has 0 aliphatic carbocycles. The Labute approximate surface area is 251 Å².